The van der Waals surface area contributed by atoms with Crippen LogP contribution in [0, 0.1) is 13.8 Å². The summed E-state index contributed by atoms with van der Waals surface area (Å²) in [6.07, 6.45) is 0. The molecule has 3 aromatic rings. The SMILES string of the molecule is CCOc1ccc(C(=O)Nc2ccc(S(=O)(=O)Nc3cc(C)ccc3C)cc2)cc1OCC. The van der Waals surface area contributed by atoms with Gasteiger partial charge in [-0.1, -0.05) is 12.1 Å². The van der Waals surface area contributed by atoms with Crippen molar-refractivity contribution in [2.45, 2.75) is 32.6 Å². The Balaban J connectivity index is 1.74. The third kappa shape index (κ3) is 6.04. The maximum Gasteiger partial charge on any atom is 0.261 e. The van der Waals surface area contributed by atoms with Crippen molar-refractivity contribution < 1.29 is 22.7 Å². The number of carbonyl (C=O) groups excluding carboxylic acids is 1. The van der Waals surface area contributed by atoms with E-state index in [2.05, 4.69) is 10.0 Å². The molecular formula is C25H28N2O5S. The van der Waals surface area contributed by atoms with Crippen LogP contribution in [0.1, 0.15) is 35.3 Å². The third-order valence-corrected chi connectivity index (χ3v) is 6.25. The summed E-state index contributed by atoms with van der Waals surface area (Å²) in [4.78, 5) is 12.8. The van der Waals surface area contributed by atoms with Crippen LogP contribution >= 0.6 is 0 Å². The van der Waals surface area contributed by atoms with Crippen molar-refractivity contribution in [3.8, 4) is 11.5 Å². The van der Waals surface area contributed by atoms with Crippen LogP contribution in [0.25, 0.3) is 0 Å². The molecule has 3 aromatic carbocycles. The minimum atomic E-state index is -3.77. The molecule has 2 N–H and O–H groups in total. The number of anilines is 2. The molecule has 0 saturated carbocycles. The molecule has 0 aliphatic carbocycles. The van der Waals surface area contributed by atoms with E-state index in [1.54, 1.807) is 36.4 Å². The second-order valence-corrected chi connectivity index (χ2v) is 9.11. The molecule has 0 heterocycles. The highest BCUT2D eigenvalue weighted by Crippen LogP contribution is 2.29. The molecule has 33 heavy (non-hydrogen) atoms. The molecule has 0 spiro atoms. The van der Waals surface area contributed by atoms with Crippen molar-refractivity contribution in [3.05, 3.63) is 77.4 Å². The topological polar surface area (TPSA) is 93.7 Å². The second kappa shape index (κ2) is 10.4. The number of ether oxygens (including phenoxy) is 2. The number of rotatable bonds is 9. The number of amides is 1. The highest BCUT2D eigenvalue weighted by Gasteiger charge is 2.16. The molecule has 0 radical (unpaired) electrons. The van der Waals surface area contributed by atoms with Crippen molar-refractivity contribution in [3.63, 3.8) is 0 Å². The Morgan fingerprint density at radius 3 is 2.18 bits per heavy atom. The van der Waals surface area contributed by atoms with Crippen molar-refractivity contribution in [1.29, 1.82) is 0 Å². The van der Waals surface area contributed by atoms with Crippen LogP contribution in [0.15, 0.2) is 65.6 Å². The Kier molecular flexibility index (Phi) is 7.60. The summed E-state index contributed by atoms with van der Waals surface area (Å²) in [6, 6.07) is 16.5. The quantitative estimate of drug-likeness (QED) is 0.453. The summed E-state index contributed by atoms with van der Waals surface area (Å²) in [7, 11) is -3.77. The molecular weight excluding hydrogens is 440 g/mol. The summed E-state index contributed by atoms with van der Waals surface area (Å²) in [6.45, 7) is 8.39. The summed E-state index contributed by atoms with van der Waals surface area (Å²) in [5.74, 6) is 0.718. The van der Waals surface area contributed by atoms with E-state index in [-0.39, 0.29) is 10.8 Å². The van der Waals surface area contributed by atoms with Gasteiger partial charge in [0.15, 0.2) is 11.5 Å². The summed E-state index contributed by atoms with van der Waals surface area (Å²) >= 11 is 0. The van der Waals surface area contributed by atoms with Crippen molar-refractivity contribution in [2.24, 2.45) is 0 Å². The van der Waals surface area contributed by atoms with E-state index in [4.69, 9.17) is 9.47 Å². The number of hydrogen-bond acceptors (Lipinski definition) is 5. The van der Waals surface area contributed by atoms with Gasteiger partial charge < -0.3 is 14.8 Å². The van der Waals surface area contributed by atoms with Crippen LogP contribution in [-0.2, 0) is 10.0 Å². The van der Waals surface area contributed by atoms with Gasteiger partial charge >= 0.3 is 0 Å². The van der Waals surface area contributed by atoms with Crippen LogP contribution in [0.5, 0.6) is 11.5 Å². The molecule has 0 saturated heterocycles. The lowest BCUT2D eigenvalue weighted by atomic mass is 10.1. The lowest BCUT2D eigenvalue weighted by Gasteiger charge is -2.13. The lowest BCUT2D eigenvalue weighted by Crippen LogP contribution is -2.15. The standard InChI is InChI=1S/C25H28N2O5S/c1-5-31-23-14-9-19(16-24(23)32-6-2)25(28)26-20-10-12-21(13-11-20)33(29,30)27-22-15-17(3)7-8-18(22)4/h7-16,27H,5-6H2,1-4H3,(H,26,28). The predicted octanol–water partition coefficient (Wildman–Crippen LogP) is 5.15. The molecule has 7 nitrogen and oxygen atoms in total. The maximum atomic E-state index is 12.8. The molecule has 0 atom stereocenters. The van der Waals surface area contributed by atoms with Gasteiger partial charge in [0, 0.05) is 11.3 Å². The summed E-state index contributed by atoms with van der Waals surface area (Å²) in [5, 5.41) is 2.77. The Bertz CT molecular complexity index is 1240. The number of aryl methyl sites for hydroxylation is 2. The van der Waals surface area contributed by atoms with Gasteiger partial charge in [-0.15, -0.1) is 0 Å². The number of hydrogen-bond donors (Lipinski definition) is 2. The van der Waals surface area contributed by atoms with E-state index in [0.29, 0.717) is 41.7 Å². The second-order valence-electron chi connectivity index (χ2n) is 7.43. The number of nitrogens with one attached hydrogen (secondary N) is 2. The first-order valence-electron chi connectivity index (χ1n) is 10.6. The average Bonchev–Trinajstić information content (AvgIpc) is 2.78. The molecule has 174 valence electrons. The minimum Gasteiger partial charge on any atom is -0.490 e. The molecule has 3 rings (SSSR count). The Hall–Kier alpha value is -3.52. The van der Waals surface area contributed by atoms with Crippen molar-refractivity contribution in [2.75, 3.05) is 23.3 Å². The maximum absolute atomic E-state index is 12.8. The van der Waals surface area contributed by atoms with Gasteiger partial charge in [0.05, 0.1) is 23.8 Å². The zero-order chi connectivity index (χ0) is 24.0. The van der Waals surface area contributed by atoms with Gasteiger partial charge in [-0.3, -0.25) is 9.52 Å². The Labute approximate surface area is 194 Å². The largest absolute Gasteiger partial charge is 0.490 e. The van der Waals surface area contributed by atoms with Crippen LogP contribution < -0.4 is 19.5 Å². The highest BCUT2D eigenvalue weighted by atomic mass is 32.2. The smallest absolute Gasteiger partial charge is 0.261 e. The minimum absolute atomic E-state index is 0.0982. The molecule has 8 heteroatoms. The molecule has 0 unspecified atom stereocenters. The Morgan fingerprint density at radius 1 is 0.848 bits per heavy atom. The van der Waals surface area contributed by atoms with Crippen LogP contribution in [0.2, 0.25) is 0 Å². The van der Waals surface area contributed by atoms with Crippen LogP contribution in [0.3, 0.4) is 0 Å². The fourth-order valence-corrected chi connectivity index (χ4v) is 4.28. The van der Waals surface area contributed by atoms with E-state index in [1.165, 1.54) is 12.1 Å². The third-order valence-electron chi connectivity index (χ3n) is 4.87. The number of benzene rings is 3. The fourth-order valence-electron chi connectivity index (χ4n) is 3.16. The van der Waals surface area contributed by atoms with Crippen LogP contribution in [0.4, 0.5) is 11.4 Å². The molecule has 0 aromatic heterocycles. The normalized spacial score (nSPS) is 11.0. The average molecular weight is 469 g/mol. The van der Waals surface area contributed by atoms with Gasteiger partial charge in [-0.2, -0.15) is 0 Å². The lowest BCUT2D eigenvalue weighted by molar-refractivity contribution is 0.102. The monoisotopic (exact) mass is 468 g/mol. The van der Waals surface area contributed by atoms with Gasteiger partial charge in [0.2, 0.25) is 0 Å². The van der Waals surface area contributed by atoms with Gasteiger partial charge in [-0.25, -0.2) is 8.42 Å². The summed E-state index contributed by atoms with van der Waals surface area (Å²) < 4.78 is 39.3. The molecule has 0 aliphatic rings. The predicted molar refractivity (Wildman–Crippen MR) is 130 cm³/mol. The first kappa shape index (κ1) is 24.1. The van der Waals surface area contributed by atoms with Gasteiger partial charge in [0.1, 0.15) is 0 Å². The molecule has 0 aliphatic heterocycles. The first-order chi connectivity index (χ1) is 15.7. The first-order valence-corrected chi connectivity index (χ1v) is 12.1. The van der Waals surface area contributed by atoms with Gasteiger partial charge in [0.25, 0.3) is 15.9 Å². The van der Waals surface area contributed by atoms with Crippen LogP contribution in [-0.4, -0.2) is 27.5 Å². The van der Waals surface area contributed by atoms with E-state index in [9.17, 15) is 13.2 Å². The molecule has 0 fully saturated rings. The Morgan fingerprint density at radius 2 is 1.52 bits per heavy atom. The van der Waals surface area contributed by atoms with E-state index in [1.807, 2.05) is 39.8 Å². The van der Waals surface area contributed by atoms with E-state index in [0.717, 1.165) is 11.1 Å². The van der Waals surface area contributed by atoms with Crippen molar-refractivity contribution >= 4 is 27.3 Å². The summed E-state index contributed by atoms with van der Waals surface area (Å²) in [5.41, 5.74) is 3.19. The highest BCUT2D eigenvalue weighted by molar-refractivity contribution is 7.92. The zero-order valence-corrected chi connectivity index (χ0v) is 20.0. The van der Waals surface area contributed by atoms with Crippen molar-refractivity contribution in [1.82, 2.24) is 0 Å². The molecule has 0 bridgehead atoms. The van der Waals surface area contributed by atoms with E-state index < -0.39 is 10.0 Å². The number of sulfonamides is 1. The fraction of sp³-hybridized carbons (Fsp3) is 0.240. The van der Waals surface area contributed by atoms with Gasteiger partial charge in [-0.05, 0) is 87.4 Å². The van der Waals surface area contributed by atoms with E-state index >= 15 is 0 Å². The number of carbonyl (C=O) groups is 1. The zero-order valence-electron chi connectivity index (χ0n) is 19.1. The molecule has 1 amide bonds.